The number of hydrogen-bond donors (Lipinski definition) is 1. The molecule has 1 heterocycles. The van der Waals surface area contributed by atoms with Gasteiger partial charge in [0.05, 0.1) is 6.42 Å². The number of halogens is 1. The maximum Gasteiger partial charge on any atom is 0.303 e. The van der Waals surface area contributed by atoms with E-state index in [9.17, 15) is 9.18 Å². The quantitative estimate of drug-likeness (QED) is 0.877. The molecule has 5 nitrogen and oxygen atoms in total. The van der Waals surface area contributed by atoms with Gasteiger partial charge in [0.2, 0.25) is 0 Å². The van der Waals surface area contributed by atoms with Crippen LogP contribution in [0.25, 0.3) is 11.3 Å². The van der Waals surface area contributed by atoms with Gasteiger partial charge < -0.3 is 5.11 Å². The topological polar surface area (TPSA) is 76.2 Å². The van der Waals surface area contributed by atoms with Gasteiger partial charge >= 0.3 is 5.97 Å². The molecule has 2 rings (SSSR count). The fraction of sp³-hybridized carbons (Fsp3) is 0.182. The number of rotatable bonds is 4. The molecule has 17 heavy (non-hydrogen) atoms. The highest BCUT2D eigenvalue weighted by Crippen LogP contribution is 2.21. The van der Waals surface area contributed by atoms with Gasteiger partial charge in [-0.1, -0.05) is 5.16 Å². The smallest absolute Gasteiger partial charge is 0.303 e. The Balaban J connectivity index is 2.24. The van der Waals surface area contributed by atoms with Crippen LogP contribution in [0.15, 0.2) is 28.9 Å². The molecular weight excluding hydrogens is 227 g/mol. The second-order valence-electron chi connectivity index (χ2n) is 3.46. The molecule has 0 unspecified atom stereocenters. The van der Waals surface area contributed by atoms with Crippen molar-refractivity contribution in [1.29, 1.82) is 0 Å². The number of hydrogen-bond acceptors (Lipinski definition) is 4. The Hall–Kier alpha value is -2.24. The molecule has 0 fully saturated rings. The lowest BCUT2D eigenvalue weighted by Crippen LogP contribution is -1.99. The maximum atomic E-state index is 12.7. The van der Waals surface area contributed by atoms with Gasteiger partial charge in [-0.15, -0.1) is 0 Å². The fourth-order valence-corrected chi connectivity index (χ4v) is 1.42. The highest BCUT2D eigenvalue weighted by atomic mass is 19.1. The first-order valence-corrected chi connectivity index (χ1v) is 4.96. The van der Waals surface area contributed by atoms with Crippen LogP contribution in [0.3, 0.4) is 0 Å². The number of aliphatic carboxylic acids is 1. The van der Waals surface area contributed by atoms with Crippen molar-refractivity contribution < 1.29 is 18.9 Å². The standard InChI is InChI=1S/C11H9FN2O3/c12-8-3-1-7(2-4-8)11-9(13-17-14-11)5-6-10(15)16/h1-4H,5-6H2,(H,15,16). The number of aryl methyl sites for hydroxylation is 1. The van der Waals surface area contributed by atoms with Crippen LogP contribution in [0.5, 0.6) is 0 Å². The number of nitrogens with zero attached hydrogens (tertiary/aromatic N) is 2. The van der Waals surface area contributed by atoms with Crippen LogP contribution in [0, 0.1) is 5.82 Å². The van der Waals surface area contributed by atoms with Gasteiger partial charge in [-0.05, 0) is 29.4 Å². The van der Waals surface area contributed by atoms with Crippen LogP contribution >= 0.6 is 0 Å². The number of aromatic nitrogens is 2. The van der Waals surface area contributed by atoms with Crippen LogP contribution in [0.4, 0.5) is 4.39 Å². The lowest BCUT2D eigenvalue weighted by Gasteiger charge is -1.98. The van der Waals surface area contributed by atoms with Gasteiger partial charge in [0.25, 0.3) is 0 Å². The highest BCUT2D eigenvalue weighted by molar-refractivity contribution is 5.68. The molecule has 1 aromatic carbocycles. The minimum Gasteiger partial charge on any atom is -0.481 e. The van der Waals surface area contributed by atoms with Crippen molar-refractivity contribution in [3.05, 3.63) is 35.8 Å². The van der Waals surface area contributed by atoms with Crippen LogP contribution in [-0.4, -0.2) is 21.4 Å². The van der Waals surface area contributed by atoms with Crippen molar-refractivity contribution in [2.45, 2.75) is 12.8 Å². The minimum absolute atomic E-state index is 0.0532. The average molecular weight is 236 g/mol. The van der Waals surface area contributed by atoms with Crippen molar-refractivity contribution in [2.24, 2.45) is 0 Å². The van der Waals surface area contributed by atoms with Gasteiger partial charge in [0.1, 0.15) is 17.2 Å². The van der Waals surface area contributed by atoms with Crippen LogP contribution in [-0.2, 0) is 11.2 Å². The summed E-state index contributed by atoms with van der Waals surface area (Å²) in [6, 6.07) is 5.67. The molecule has 1 N–H and O–H groups in total. The molecule has 0 spiro atoms. The summed E-state index contributed by atoms with van der Waals surface area (Å²) in [6.45, 7) is 0. The molecule has 0 saturated carbocycles. The monoisotopic (exact) mass is 236 g/mol. The molecule has 0 saturated heterocycles. The van der Waals surface area contributed by atoms with E-state index >= 15 is 0 Å². The molecule has 1 aromatic heterocycles. The van der Waals surface area contributed by atoms with Crippen LogP contribution in [0.2, 0.25) is 0 Å². The zero-order valence-electron chi connectivity index (χ0n) is 8.76. The minimum atomic E-state index is -0.918. The Morgan fingerprint density at radius 2 is 2.00 bits per heavy atom. The number of carboxylic acid groups (broad SMARTS) is 1. The molecule has 6 heteroatoms. The number of carboxylic acids is 1. The molecule has 0 atom stereocenters. The van der Waals surface area contributed by atoms with Gasteiger partial charge in [-0.25, -0.2) is 9.02 Å². The molecule has 88 valence electrons. The van der Waals surface area contributed by atoms with Crippen molar-refractivity contribution in [3.8, 4) is 11.3 Å². The summed E-state index contributed by atoms with van der Waals surface area (Å²) in [6.07, 6.45) is 0.175. The van der Waals surface area contributed by atoms with Crippen LogP contribution in [0.1, 0.15) is 12.1 Å². The van der Waals surface area contributed by atoms with E-state index in [1.807, 2.05) is 0 Å². The SMILES string of the molecule is O=C(O)CCc1nonc1-c1ccc(F)cc1. The van der Waals surface area contributed by atoms with Crippen molar-refractivity contribution >= 4 is 5.97 Å². The third-order valence-electron chi connectivity index (χ3n) is 2.25. The molecular formula is C11H9FN2O3. The van der Waals surface area contributed by atoms with E-state index in [1.54, 1.807) is 12.1 Å². The summed E-state index contributed by atoms with van der Waals surface area (Å²) in [7, 11) is 0. The van der Waals surface area contributed by atoms with Gasteiger partial charge in [0, 0.05) is 12.0 Å². The average Bonchev–Trinajstić information content (AvgIpc) is 2.75. The highest BCUT2D eigenvalue weighted by Gasteiger charge is 2.13. The fourth-order valence-electron chi connectivity index (χ4n) is 1.42. The van der Waals surface area contributed by atoms with Gasteiger partial charge in [-0.3, -0.25) is 4.79 Å². The first-order chi connectivity index (χ1) is 8.16. The van der Waals surface area contributed by atoms with Crippen molar-refractivity contribution in [3.63, 3.8) is 0 Å². The molecule has 0 aliphatic heterocycles. The van der Waals surface area contributed by atoms with E-state index in [2.05, 4.69) is 14.9 Å². The molecule has 0 radical (unpaired) electrons. The predicted molar refractivity (Wildman–Crippen MR) is 55.6 cm³/mol. The van der Waals surface area contributed by atoms with E-state index in [4.69, 9.17) is 5.11 Å². The van der Waals surface area contributed by atoms with E-state index in [-0.39, 0.29) is 18.7 Å². The van der Waals surface area contributed by atoms with Crippen molar-refractivity contribution in [1.82, 2.24) is 10.3 Å². The second-order valence-corrected chi connectivity index (χ2v) is 3.46. The Morgan fingerprint density at radius 3 is 2.65 bits per heavy atom. The molecule has 0 amide bonds. The van der Waals surface area contributed by atoms with Crippen LogP contribution < -0.4 is 0 Å². The van der Waals surface area contributed by atoms with Gasteiger partial charge in [-0.2, -0.15) is 0 Å². The third-order valence-corrected chi connectivity index (χ3v) is 2.25. The lowest BCUT2D eigenvalue weighted by atomic mass is 10.1. The van der Waals surface area contributed by atoms with E-state index in [0.29, 0.717) is 17.0 Å². The molecule has 0 bridgehead atoms. The molecule has 2 aromatic rings. The Morgan fingerprint density at radius 1 is 1.29 bits per heavy atom. The summed E-state index contributed by atoms with van der Waals surface area (Å²) >= 11 is 0. The molecule has 0 aliphatic rings. The van der Waals surface area contributed by atoms with E-state index in [0.717, 1.165) is 0 Å². The first-order valence-electron chi connectivity index (χ1n) is 4.96. The largest absolute Gasteiger partial charge is 0.481 e. The summed E-state index contributed by atoms with van der Waals surface area (Å²) in [5, 5.41) is 15.9. The summed E-state index contributed by atoms with van der Waals surface area (Å²) in [4.78, 5) is 10.5. The Labute approximate surface area is 95.8 Å². The second kappa shape index (κ2) is 4.73. The van der Waals surface area contributed by atoms with Crippen molar-refractivity contribution in [2.75, 3.05) is 0 Å². The zero-order valence-corrected chi connectivity index (χ0v) is 8.76. The summed E-state index contributed by atoms with van der Waals surface area (Å²) < 4.78 is 17.3. The van der Waals surface area contributed by atoms with Gasteiger partial charge in [0.15, 0.2) is 0 Å². The first kappa shape index (κ1) is 11.3. The lowest BCUT2D eigenvalue weighted by molar-refractivity contribution is -0.136. The maximum absolute atomic E-state index is 12.7. The third kappa shape index (κ3) is 2.66. The van der Waals surface area contributed by atoms with E-state index in [1.165, 1.54) is 12.1 Å². The summed E-state index contributed by atoms with van der Waals surface area (Å²) in [5.74, 6) is -1.27. The normalized spacial score (nSPS) is 10.4. The number of carbonyl (C=O) groups is 1. The predicted octanol–water partition coefficient (Wildman–Crippen LogP) is 1.89. The molecule has 0 aliphatic carbocycles. The zero-order chi connectivity index (χ0) is 12.3. The summed E-state index contributed by atoms with van der Waals surface area (Å²) in [5.41, 5.74) is 1.55. The Kier molecular flexibility index (Phi) is 3.13. The van der Waals surface area contributed by atoms with E-state index < -0.39 is 5.97 Å². The number of benzene rings is 1. The Bertz CT molecular complexity index is 522.